The van der Waals surface area contributed by atoms with Crippen LogP contribution in [0.5, 0.6) is 0 Å². The maximum absolute atomic E-state index is 11.2. The molecule has 0 spiro atoms. The Balaban J connectivity index is 0.00000162. The van der Waals surface area contributed by atoms with Crippen LogP contribution in [0.25, 0.3) is 0 Å². The summed E-state index contributed by atoms with van der Waals surface area (Å²) in [6.07, 6.45) is -0.324. The number of halogens is 1. The van der Waals surface area contributed by atoms with Crippen molar-refractivity contribution in [1.82, 2.24) is 0 Å². The largest absolute Gasteiger partial charge is 0.453 e. The van der Waals surface area contributed by atoms with Gasteiger partial charge in [-0.3, -0.25) is 4.79 Å². The molecule has 2 aromatic carbocycles. The van der Waals surface area contributed by atoms with E-state index in [0.717, 1.165) is 11.1 Å². The standard InChI is InChI=1S/C15H14O2.ClH/c1-12(16)17-15(13-8-4-2-5-9-13)14-10-6-3-7-11-14;/h2-11,15H,1H3;1H. The highest BCUT2D eigenvalue weighted by molar-refractivity contribution is 5.85. The summed E-state index contributed by atoms with van der Waals surface area (Å²) in [6, 6.07) is 19.5. The fourth-order valence-electron chi connectivity index (χ4n) is 1.75. The van der Waals surface area contributed by atoms with E-state index >= 15 is 0 Å². The Morgan fingerprint density at radius 3 is 1.61 bits per heavy atom. The van der Waals surface area contributed by atoms with Gasteiger partial charge in [0.2, 0.25) is 0 Å². The first-order valence-electron chi connectivity index (χ1n) is 5.54. The number of rotatable bonds is 3. The van der Waals surface area contributed by atoms with Gasteiger partial charge in [-0.1, -0.05) is 60.7 Å². The minimum Gasteiger partial charge on any atom is -0.453 e. The minimum absolute atomic E-state index is 0. The lowest BCUT2D eigenvalue weighted by molar-refractivity contribution is -0.144. The summed E-state index contributed by atoms with van der Waals surface area (Å²) < 4.78 is 5.38. The van der Waals surface area contributed by atoms with Crippen LogP contribution in [-0.4, -0.2) is 5.97 Å². The Hall–Kier alpha value is -1.80. The van der Waals surface area contributed by atoms with Crippen molar-refractivity contribution in [1.29, 1.82) is 0 Å². The number of esters is 1. The van der Waals surface area contributed by atoms with Crippen molar-refractivity contribution < 1.29 is 9.53 Å². The molecule has 0 saturated heterocycles. The molecule has 94 valence electrons. The second-order valence-corrected chi connectivity index (χ2v) is 3.81. The SMILES string of the molecule is CC(=O)OC(c1ccccc1)c1ccccc1.Cl. The molecule has 0 atom stereocenters. The van der Waals surface area contributed by atoms with Crippen molar-refractivity contribution in [3.05, 3.63) is 71.8 Å². The first-order chi connectivity index (χ1) is 8.27. The molecule has 0 aromatic heterocycles. The van der Waals surface area contributed by atoms with Gasteiger partial charge in [-0.15, -0.1) is 12.4 Å². The first kappa shape index (κ1) is 14.3. The monoisotopic (exact) mass is 262 g/mol. The van der Waals surface area contributed by atoms with Crippen LogP contribution in [-0.2, 0) is 9.53 Å². The van der Waals surface area contributed by atoms with Gasteiger partial charge in [0.1, 0.15) is 0 Å². The van der Waals surface area contributed by atoms with E-state index in [0.29, 0.717) is 0 Å². The molecule has 0 heterocycles. The summed E-state index contributed by atoms with van der Waals surface area (Å²) in [5, 5.41) is 0. The van der Waals surface area contributed by atoms with Gasteiger partial charge in [0, 0.05) is 6.92 Å². The van der Waals surface area contributed by atoms with E-state index in [1.54, 1.807) is 0 Å². The number of hydrogen-bond acceptors (Lipinski definition) is 2. The second kappa shape index (κ2) is 6.82. The Labute approximate surface area is 113 Å². The minimum atomic E-state index is -0.324. The summed E-state index contributed by atoms with van der Waals surface area (Å²) in [5.41, 5.74) is 1.96. The first-order valence-corrected chi connectivity index (χ1v) is 5.54. The van der Waals surface area contributed by atoms with Crippen molar-refractivity contribution in [2.45, 2.75) is 13.0 Å². The number of carbonyl (C=O) groups excluding carboxylic acids is 1. The highest BCUT2D eigenvalue weighted by Gasteiger charge is 2.16. The van der Waals surface area contributed by atoms with Gasteiger partial charge in [-0.2, -0.15) is 0 Å². The molecular weight excluding hydrogens is 248 g/mol. The molecule has 0 fully saturated rings. The summed E-state index contributed by atoms with van der Waals surface area (Å²) in [5.74, 6) is -0.275. The van der Waals surface area contributed by atoms with Gasteiger partial charge in [0.25, 0.3) is 0 Å². The summed E-state index contributed by atoms with van der Waals surface area (Å²) in [4.78, 5) is 11.2. The van der Waals surface area contributed by atoms with Crippen molar-refractivity contribution in [2.75, 3.05) is 0 Å². The number of carbonyl (C=O) groups is 1. The zero-order valence-electron chi connectivity index (χ0n) is 10.1. The molecule has 2 aromatic rings. The topological polar surface area (TPSA) is 26.3 Å². The van der Waals surface area contributed by atoms with E-state index in [1.165, 1.54) is 6.92 Å². The van der Waals surface area contributed by atoms with E-state index in [9.17, 15) is 4.79 Å². The molecule has 0 aliphatic heterocycles. The average Bonchev–Trinajstić information content (AvgIpc) is 2.38. The molecule has 0 aliphatic carbocycles. The highest BCUT2D eigenvalue weighted by Crippen LogP contribution is 2.25. The van der Waals surface area contributed by atoms with Crippen LogP contribution in [0.3, 0.4) is 0 Å². The summed E-state index contributed by atoms with van der Waals surface area (Å²) in [6.45, 7) is 1.43. The van der Waals surface area contributed by atoms with Crippen LogP contribution < -0.4 is 0 Å². The van der Waals surface area contributed by atoms with Crippen molar-refractivity contribution in [3.8, 4) is 0 Å². The lowest BCUT2D eigenvalue weighted by atomic mass is 10.0. The second-order valence-electron chi connectivity index (χ2n) is 3.81. The molecule has 2 rings (SSSR count). The van der Waals surface area contributed by atoms with Gasteiger partial charge in [0.15, 0.2) is 6.10 Å². The van der Waals surface area contributed by atoms with E-state index < -0.39 is 0 Å². The van der Waals surface area contributed by atoms with Crippen molar-refractivity contribution in [2.24, 2.45) is 0 Å². The smallest absolute Gasteiger partial charge is 0.303 e. The molecule has 0 N–H and O–H groups in total. The van der Waals surface area contributed by atoms with Gasteiger partial charge in [-0.05, 0) is 11.1 Å². The van der Waals surface area contributed by atoms with Gasteiger partial charge < -0.3 is 4.74 Å². The molecule has 2 nitrogen and oxygen atoms in total. The summed E-state index contributed by atoms with van der Waals surface area (Å²) >= 11 is 0. The van der Waals surface area contributed by atoms with Crippen LogP contribution in [0.2, 0.25) is 0 Å². The molecule has 0 radical (unpaired) electrons. The predicted octanol–water partition coefficient (Wildman–Crippen LogP) is 3.76. The van der Waals surface area contributed by atoms with E-state index in [1.807, 2.05) is 60.7 Å². The van der Waals surface area contributed by atoms with Crippen molar-refractivity contribution in [3.63, 3.8) is 0 Å². The highest BCUT2D eigenvalue weighted by atomic mass is 35.5. The van der Waals surface area contributed by atoms with E-state index in [2.05, 4.69) is 0 Å². The third-order valence-electron chi connectivity index (χ3n) is 2.49. The average molecular weight is 263 g/mol. The molecule has 0 aliphatic rings. The zero-order valence-corrected chi connectivity index (χ0v) is 10.9. The maximum atomic E-state index is 11.2. The molecule has 0 amide bonds. The van der Waals surface area contributed by atoms with Gasteiger partial charge in [0.05, 0.1) is 0 Å². The third-order valence-corrected chi connectivity index (χ3v) is 2.49. The Kier molecular flexibility index (Phi) is 5.40. The predicted molar refractivity (Wildman–Crippen MR) is 73.7 cm³/mol. The Bertz CT molecular complexity index is 443. The number of hydrogen-bond donors (Lipinski definition) is 0. The number of ether oxygens (including phenoxy) is 1. The lowest BCUT2D eigenvalue weighted by Crippen LogP contribution is -2.09. The zero-order chi connectivity index (χ0) is 12.1. The molecule has 3 heteroatoms. The Morgan fingerprint density at radius 1 is 0.889 bits per heavy atom. The van der Waals surface area contributed by atoms with Crippen LogP contribution in [0.4, 0.5) is 0 Å². The molecule has 18 heavy (non-hydrogen) atoms. The molecule has 0 unspecified atom stereocenters. The normalized spacial score (nSPS) is 9.67. The maximum Gasteiger partial charge on any atom is 0.303 e. The molecular formula is C15H15ClO2. The number of benzene rings is 2. The fourth-order valence-corrected chi connectivity index (χ4v) is 1.75. The summed E-state index contributed by atoms with van der Waals surface area (Å²) in [7, 11) is 0. The van der Waals surface area contributed by atoms with E-state index in [-0.39, 0.29) is 24.5 Å². The van der Waals surface area contributed by atoms with Crippen molar-refractivity contribution >= 4 is 18.4 Å². The van der Waals surface area contributed by atoms with Crippen LogP contribution in [0, 0.1) is 0 Å². The fraction of sp³-hybridized carbons (Fsp3) is 0.133. The van der Waals surface area contributed by atoms with E-state index in [4.69, 9.17) is 4.74 Å². The van der Waals surface area contributed by atoms with Gasteiger partial charge in [-0.25, -0.2) is 0 Å². The third kappa shape index (κ3) is 3.60. The molecule has 0 saturated carbocycles. The van der Waals surface area contributed by atoms with Gasteiger partial charge >= 0.3 is 5.97 Å². The van der Waals surface area contributed by atoms with Crippen LogP contribution in [0.15, 0.2) is 60.7 Å². The lowest BCUT2D eigenvalue weighted by Gasteiger charge is -2.17. The molecule has 0 bridgehead atoms. The van der Waals surface area contributed by atoms with Crippen LogP contribution >= 0.6 is 12.4 Å². The quantitative estimate of drug-likeness (QED) is 0.788. The van der Waals surface area contributed by atoms with Crippen LogP contribution in [0.1, 0.15) is 24.2 Å². The Morgan fingerprint density at radius 2 is 1.28 bits per heavy atom.